The van der Waals surface area contributed by atoms with E-state index >= 15 is 0 Å². The Morgan fingerprint density at radius 2 is 2.13 bits per heavy atom. The molecule has 1 saturated carbocycles. The third-order valence-corrected chi connectivity index (χ3v) is 8.71. The van der Waals surface area contributed by atoms with Crippen LogP contribution in [0, 0.1) is 26.7 Å². The number of aromatic nitrogens is 4. The van der Waals surface area contributed by atoms with Gasteiger partial charge in [-0.1, -0.05) is 0 Å². The number of ketones is 1. The molecular weight excluding hydrogens is 532 g/mol. The fraction of sp³-hybridized carbons (Fsp3) is 0.500. The molecule has 0 unspecified atom stereocenters. The monoisotopic (exact) mass is 562 g/mol. The minimum absolute atomic E-state index is 0.217. The zero-order valence-electron chi connectivity index (χ0n) is 21.2. The van der Waals surface area contributed by atoms with E-state index in [-0.39, 0.29) is 24.5 Å². The number of imidazole rings is 1. The Morgan fingerprint density at radius 1 is 1.34 bits per heavy atom. The number of ether oxygens (including phenoxy) is 1. The number of fused-ring (bicyclic) bond motifs is 1. The highest BCUT2D eigenvalue weighted by atomic mass is 32.2. The van der Waals surface area contributed by atoms with Crippen molar-refractivity contribution in [2.75, 3.05) is 18.5 Å². The molecular formula is C24H30N6O6S2. The number of carbonyl (C=O) groups excluding carboxylic acids is 1. The van der Waals surface area contributed by atoms with Gasteiger partial charge in [0.2, 0.25) is 5.78 Å². The number of thiophene rings is 1. The first-order valence-electron chi connectivity index (χ1n) is 12.2. The summed E-state index contributed by atoms with van der Waals surface area (Å²) < 4.78 is 35.2. The normalized spacial score (nSPS) is 23.4. The predicted molar refractivity (Wildman–Crippen MR) is 139 cm³/mol. The number of nitrogens with zero attached hydrogens (tertiary/aromatic N) is 4. The van der Waals surface area contributed by atoms with Crippen molar-refractivity contribution in [3.63, 3.8) is 0 Å². The lowest BCUT2D eigenvalue weighted by molar-refractivity contribution is 0.0423. The van der Waals surface area contributed by atoms with E-state index in [2.05, 4.69) is 24.0 Å². The number of carbonyl (C=O) groups is 1. The molecule has 5 rings (SSSR count). The number of rotatable bonds is 8. The van der Waals surface area contributed by atoms with Gasteiger partial charge in [-0.2, -0.15) is 8.42 Å². The number of aryl methyl sites for hydroxylation is 2. The zero-order chi connectivity index (χ0) is 27.2. The molecule has 0 aromatic carbocycles. The fourth-order valence-electron chi connectivity index (χ4n) is 5.12. The lowest BCUT2D eigenvalue weighted by Crippen LogP contribution is -2.24. The molecule has 14 heteroatoms. The molecule has 4 atom stereocenters. The number of nitrogens with one attached hydrogen (secondary N) is 1. The molecule has 0 amide bonds. The summed E-state index contributed by atoms with van der Waals surface area (Å²) in [6, 6.07) is 1.61. The second-order valence-corrected chi connectivity index (χ2v) is 12.2. The molecule has 38 heavy (non-hydrogen) atoms. The highest BCUT2D eigenvalue weighted by molar-refractivity contribution is 7.84. The van der Waals surface area contributed by atoms with Crippen molar-refractivity contribution in [2.45, 2.75) is 58.4 Å². The Hall–Kier alpha value is -2.75. The first kappa shape index (κ1) is 26.8. The lowest BCUT2D eigenvalue weighted by atomic mass is 10.1. The molecule has 3 aromatic heterocycles. The summed E-state index contributed by atoms with van der Waals surface area (Å²) >= 11 is 1.38. The predicted octanol–water partition coefficient (Wildman–Crippen LogP) is 1.78. The summed E-state index contributed by atoms with van der Waals surface area (Å²) in [7, 11) is -4.10. The second kappa shape index (κ2) is 10.4. The third kappa shape index (κ3) is 5.37. The molecule has 204 valence electrons. The molecule has 0 bridgehead atoms. The van der Waals surface area contributed by atoms with Crippen LogP contribution < -0.4 is 10.5 Å². The van der Waals surface area contributed by atoms with Crippen molar-refractivity contribution in [1.82, 2.24) is 19.5 Å². The van der Waals surface area contributed by atoms with Crippen molar-refractivity contribution in [3.05, 3.63) is 56.7 Å². The number of nitrogens with two attached hydrogens (primary N) is 1. The largest absolute Gasteiger partial charge is 0.393 e. The van der Waals surface area contributed by atoms with Gasteiger partial charge in [0.05, 0.1) is 35.5 Å². The van der Waals surface area contributed by atoms with Crippen LogP contribution in [-0.4, -0.2) is 64.2 Å². The van der Waals surface area contributed by atoms with Crippen LogP contribution in [-0.2, 0) is 25.8 Å². The first-order chi connectivity index (χ1) is 18.0. The van der Waals surface area contributed by atoms with E-state index in [9.17, 15) is 18.3 Å². The van der Waals surface area contributed by atoms with Crippen molar-refractivity contribution in [2.24, 2.45) is 11.1 Å². The van der Waals surface area contributed by atoms with Gasteiger partial charge < -0.3 is 19.7 Å². The van der Waals surface area contributed by atoms with Gasteiger partial charge in [-0.3, -0.25) is 8.98 Å². The summed E-state index contributed by atoms with van der Waals surface area (Å²) in [5.41, 5.74) is 3.29. The van der Waals surface area contributed by atoms with Crippen LogP contribution in [0.3, 0.4) is 0 Å². The Morgan fingerprint density at radius 3 is 2.89 bits per heavy atom. The van der Waals surface area contributed by atoms with E-state index in [1.165, 1.54) is 23.9 Å². The molecule has 3 aromatic rings. The molecule has 0 saturated heterocycles. The minimum atomic E-state index is -4.10. The Balaban J connectivity index is 1.35. The molecule has 1 aliphatic heterocycles. The average molecular weight is 563 g/mol. The molecule has 1 fully saturated rings. The quantitative estimate of drug-likeness (QED) is 0.344. The van der Waals surface area contributed by atoms with Crippen LogP contribution in [0.15, 0.2) is 18.6 Å². The second-order valence-electron chi connectivity index (χ2n) is 9.70. The van der Waals surface area contributed by atoms with E-state index in [4.69, 9.17) is 14.9 Å². The number of anilines is 1. The van der Waals surface area contributed by atoms with Crippen LogP contribution in [0.4, 0.5) is 5.82 Å². The average Bonchev–Trinajstić information content (AvgIpc) is 3.52. The molecule has 4 heterocycles. The maximum absolute atomic E-state index is 13.6. The van der Waals surface area contributed by atoms with Crippen LogP contribution in [0.2, 0.25) is 0 Å². The topological polar surface area (TPSA) is 172 Å². The SMILES string of the molecule is Cc1nc2n(c1C)CCO[C@@H]2c1cc(C(=O)c2cncnc2N[C@@H]2C[C@H](COS(N)(=O)=O)[C@@H](O)C2)sc1C. The number of aliphatic hydroxyl groups is 1. The third-order valence-electron chi connectivity index (χ3n) is 7.19. The molecule has 0 radical (unpaired) electrons. The van der Waals surface area contributed by atoms with E-state index in [0.717, 1.165) is 34.2 Å². The smallest absolute Gasteiger partial charge is 0.333 e. The van der Waals surface area contributed by atoms with Gasteiger partial charge in [-0.05, 0) is 39.7 Å². The fourth-order valence-corrected chi connectivity index (χ4v) is 6.48. The highest BCUT2D eigenvalue weighted by Crippen LogP contribution is 2.37. The van der Waals surface area contributed by atoms with Crippen LogP contribution in [0.5, 0.6) is 0 Å². The highest BCUT2D eigenvalue weighted by Gasteiger charge is 2.35. The Kier molecular flexibility index (Phi) is 7.37. The molecule has 4 N–H and O–H groups in total. The van der Waals surface area contributed by atoms with E-state index < -0.39 is 22.3 Å². The number of hydrogen-bond donors (Lipinski definition) is 3. The van der Waals surface area contributed by atoms with Gasteiger partial charge >= 0.3 is 10.3 Å². The maximum atomic E-state index is 13.6. The van der Waals surface area contributed by atoms with Crippen molar-refractivity contribution in [1.29, 1.82) is 0 Å². The summed E-state index contributed by atoms with van der Waals surface area (Å²) in [6.07, 6.45) is 2.43. The van der Waals surface area contributed by atoms with E-state index in [1.807, 2.05) is 26.8 Å². The molecule has 2 aliphatic rings. The lowest BCUT2D eigenvalue weighted by Gasteiger charge is -2.25. The zero-order valence-corrected chi connectivity index (χ0v) is 22.9. The van der Waals surface area contributed by atoms with Crippen molar-refractivity contribution < 1.29 is 27.2 Å². The van der Waals surface area contributed by atoms with Gasteiger partial charge in [-0.15, -0.1) is 11.3 Å². The maximum Gasteiger partial charge on any atom is 0.333 e. The van der Waals surface area contributed by atoms with Gasteiger partial charge in [0, 0.05) is 40.8 Å². The summed E-state index contributed by atoms with van der Waals surface area (Å²) in [6.45, 7) is 7.08. The summed E-state index contributed by atoms with van der Waals surface area (Å²) in [4.78, 5) is 28.2. The molecule has 12 nitrogen and oxygen atoms in total. The number of hydrogen-bond acceptors (Lipinski definition) is 11. The summed E-state index contributed by atoms with van der Waals surface area (Å²) in [5, 5.41) is 18.5. The Labute approximate surface area is 224 Å². The Bertz CT molecular complexity index is 1470. The first-order valence-corrected chi connectivity index (χ1v) is 14.5. The van der Waals surface area contributed by atoms with Crippen molar-refractivity contribution in [3.8, 4) is 0 Å². The van der Waals surface area contributed by atoms with Gasteiger partial charge in [-0.25, -0.2) is 20.1 Å². The van der Waals surface area contributed by atoms with Crippen LogP contribution >= 0.6 is 11.3 Å². The van der Waals surface area contributed by atoms with Gasteiger partial charge in [0.1, 0.15) is 24.1 Å². The molecule has 1 aliphatic carbocycles. The van der Waals surface area contributed by atoms with E-state index in [0.29, 0.717) is 35.7 Å². The number of aliphatic hydroxyl groups excluding tert-OH is 1. The van der Waals surface area contributed by atoms with Gasteiger partial charge in [0.15, 0.2) is 0 Å². The van der Waals surface area contributed by atoms with Crippen molar-refractivity contribution >= 4 is 33.2 Å². The van der Waals surface area contributed by atoms with E-state index in [1.54, 1.807) is 0 Å². The van der Waals surface area contributed by atoms with Crippen LogP contribution in [0.25, 0.3) is 0 Å². The minimum Gasteiger partial charge on any atom is -0.393 e. The van der Waals surface area contributed by atoms with Crippen LogP contribution in [0.1, 0.15) is 61.8 Å². The molecule has 0 spiro atoms. The van der Waals surface area contributed by atoms with Gasteiger partial charge in [0.25, 0.3) is 0 Å². The standard InChI is InChI=1S/C24H30N6O6S2/c1-12-13(2)30-4-5-35-22(24(30)28-12)17-8-20(37-14(17)3)21(32)18-9-26-11-27-23(18)29-16-6-15(19(31)7-16)10-36-38(25,33)34/h8-9,11,15-16,19,22,31H,4-7,10H2,1-3H3,(H2,25,33,34)(H,26,27,29)/t15-,16-,19+,22-/m1/s1. The summed E-state index contributed by atoms with van der Waals surface area (Å²) in [5.74, 6) is 0.534.